The van der Waals surface area contributed by atoms with Crippen molar-refractivity contribution in [1.82, 2.24) is 0 Å². The molecule has 0 fully saturated rings. The number of aryl methyl sites for hydroxylation is 2. The number of anilines is 1. The van der Waals surface area contributed by atoms with E-state index in [1.807, 2.05) is 13.0 Å². The lowest BCUT2D eigenvalue weighted by Crippen LogP contribution is -1.94. The van der Waals surface area contributed by atoms with E-state index in [0.29, 0.717) is 5.02 Å². The van der Waals surface area contributed by atoms with Crippen LogP contribution >= 0.6 is 11.6 Å². The number of rotatable bonds is 1. The van der Waals surface area contributed by atoms with E-state index >= 15 is 0 Å². The molecule has 2 heteroatoms. The van der Waals surface area contributed by atoms with Crippen molar-refractivity contribution in [3.63, 3.8) is 0 Å². The molecule has 0 amide bonds. The molecule has 2 N–H and O–H groups in total. The van der Waals surface area contributed by atoms with Gasteiger partial charge < -0.3 is 5.73 Å². The molecule has 0 saturated heterocycles. The molecule has 0 radical (unpaired) electrons. The van der Waals surface area contributed by atoms with Crippen molar-refractivity contribution < 1.29 is 0 Å². The maximum absolute atomic E-state index is 5.87. The zero-order valence-corrected chi connectivity index (χ0v) is 7.57. The minimum atomic E-state index is 0.668. The van der Waals surface area contributed by atoms with E-state index in [2.05, 4.69) is 13.0 Å². The van der Waals surface area contributed by atoms with Crippen LogP contribution in [0.15, 0.2) is 12.1 Å². The van der Waals surface area contributed by atoms with E-state index in [-0.39, 0.29) is 0 Å². The Balaban J connectivity index is 3.24. The number of nitrogens with two attached hydrogens (primary N) is 1. The normalized spacial score (nSPS) is 10.1. The molecule has 0 saturated carbocycles. The molecule has 0 unspecified atom stereocenters. The Labute approximate surface area is 72.2 Å². The van der Waals surface area contributed by atoms with E-state index in [4.69, 9.17) is 17.3 Å². The van der Waals surface area contributed by atoms with Gasteiger partial charge in [-0.05, 0) is 30.5 Å². The summed E-state index contributed by atoms with van der Waals surface area (Å²) < 4.78 is 0. The highest BCUT2D eigenvalue weighted by Crippen LogP contribution is 2.24. The van der Waals surface area contributed by atoms with Gasteiger partial charge in [0.1, 0.15) is 0 Å². The van der Waals surface area contributed by atoms with Crippen molar-refractivity contribution >= 4 is 17.3 Å². The van der Waals surface area contributed by atoms with E-state index in [1.54, 1.807) is 0 Å². The van der Waals surface area contributed by atoms with Crippen molar-refractivity contribution in [3.05, 3.63) is 28.3 Å². The zero-order valence-electron chi connectivity index (χ0n) is 6.82. The molecule has 1 rings (SSSR count). The summed E-state index contributed by atoms with van der Waals surface area (Å²) in [6.45, 7) is 4.09. The van der Waals surface area contributed by atoms with Crippen LogP contribution < -0.4 is 5.73 Å². The van der Waals surface area contributed by atoms with Crippen LogP contribution in [0.4, 0.5) is 5.69 Å². The third-order valence-electron chi connectivity index (χ3n) is 1.74. The first-order valence-corrected chi connectivity index (χ1v) is 4.07. The molecule has 0 atom stereocenters. The van der Waals surface area contributed by atoms with Crippen LogP contribution in [0.5, 0.6) is 0 Å². The maximum atomic E-state index is 5.87. The molecule has 1 aromatic rings. The Bertz CT molecular complexity index is 269. The first-order chi connectivity index (χ1) is 5.15. The number of hydrogen-bond acceptors (Lipinski definition) is 1. The van der Waals surface area contributed by atoms with Crippen molar-refractivity contribution in [3.8, 4) is 0 Å². The topological polar surface area (TPSA) is 26.0 Å². The average Bonchev–Trinajstić information content (AvgIpc) is 1.96. The minimum absolute atomic E-state index is 0.668. The molecule has 1 nitrogen and oxygen atoms in total. The van der Waals surface area contributed by atoms with Crippen LogP contribution in [0.25, 0.3) is 0 Å². The van der Waals surface area contributed by atoms with Gasteiger partial charge in [-0.1, -0.05) is 24.6 Å². The number of benzene rings is 1. The van der Waals surface area contributed by atoms with Gasteiger partial charge in [-0.15, -0.1) is 0 Å². The molecule has 60 valence electrons. The lowest BCUT2D eigenvalue weighted by Gasteiger charge is -2.05. The summed E-state index contributed by atoms with van der Waals surface area (Å²) >= 11 is 5.87. The summed E-state index contributed by atoms with van der Waals surface area (Å²) in [5.74, 6) is 0. The smallest absolute Gasteiger partial charge is 0.0640 e. The highest BCUT2D eigenvalue weighted by Gasteiger charge is 2.01. The Kier molecular flexibility index (Phi) is 2.40. The van der Waals surface area contributed by atoms with E-state index in [1.165, 1.54) is 5.56 Å². The second-order valence-electron chi connectivity index (χ2n) is 2.67. The molecular formula is C9H12ClN. The fourth-order valence-electron chi connectivity index (χ4n) is 1.12. The summed E-state index contributed by atoms with van der Waals surface area (Å²) in [5, 5.41) is 0.668. The van der Waals surface area contributed by atoms with Crippen LogP contribution in [0.1, 0.15) is 18.1 Å². The fourth-order valence-corrected chi connectivity index (χ4v) is 1.41. The van der Waals surface area contributed by atoms with Crippen molar-refractivity contribution in [2.45, 2.75) is 20.3 Å². The van der Waals surface area contributed by atoms with Crippen molar-refractivity contribution in [2.24, 2.45) is 0 Å². The fraction of sp³-hybridized carbons (Fsp3) is 0.333. The highest BCUT2D eigenvalue weighted by molar-refractivity contribution is 6.33. The van der Waals surface area contributed by atoms with Crippen LogP contribution in [0.2, 0.25) is 5.02 Å². The molecule has 0 aliphatic heterocycles. The molecule has 0 spiro atoms. The van der Waals surface area contributed by atoms with Crippen molar-refractivity contribution in [1.29, 1.82) is 0 Å². The van der Waals surface area contributed by atoms with Gasteiger partial charge in [0.25, 0.3) is 0 Å². The van der Waals surface area contributed by atoms with E-state index in [9.17, 15) is 0 Å². The first-order valence-electron chi connectivity index (χ1n) is 3.69. The predicted molar refractivity (Wildman–Crippen MR) is 50.0 cm³/mol. The van der Waals surface area contributed by atoms with Gasteiger partial charge in [0.15, 0.2) is 0 Å². The van der Waals surface area contributed by atoms with Gasteiger partial charge >= 0.3 is 0 Å². The summed E-state index contributed by atoms with van der Waals surface area (Å²) in [6.07, 6.45) is 0.938. The van der Waals surface area contributed by atoms with Crippen LogP contribution in [-0.2, 0) is 6.42 Å². The van der Waals surface area contributed by atoms with Gasteiger partial charge in [0, 0.05) is 0 Å². The Morgan fingerprint density at radius 2 is 2.09 bits per heavy atom. The third kappa shape index (κ3) is 1.66. The summed E-state index contributed by atoms with van der Waals surface area (Å²) in [5.41, 5.74) is 8.75. The third-order valence-corrected chi connectivity index (χ3v) is 2.05. The second-order valence-corrected chi connectivity index (χ2v) is 3.08. The minimum Gasteiger partial charge on any atom is -0.397 e. The van der Waals surface area contributed by atoms with Crippen molar-refractivity contribution in [2.75, 3.05) is 5.73 Å². The Hall–Kier alpha value is -0.690. The molecule has 0 bridgehead atoms. The second kappa shape index (κ2) is 3.14. The average molecular weight is 170 g/mol. The Morgan fingerprint density at radius 1 is 1.45 bits per heavy atom. The van der Waals surface area contributed by atoms with Gasteiger partial charge in [-0.3, -0.25) is 0 Å². The summed E-state index contributed by atoms with van der Waals surface area (Å²) in [6, 6.07) is 3.96. The summed E-state index contributed by atoms with van der Waals surface area (Å²) in [4.78, 5) is 0. The number of halogens is 1. The largest absolute Gasteiger partial charge is 0.397 e. The monoisotopic (exact) mass is 169 g/mol. The zero-order chi connectivity index (χ0) is 8.43. The maximum Gasteiger partial charge on any atom is 0.0640 e. The van der Waals surface area contributed by atoms with Gasteiger partial charge in [-0.25, -0.2) is 0 Å². The molecular weight excluding hydrogens is 158 g/mol. The first kappa shape index (κ1) is 8.41. The van der Waals surface area contributed by atoms with Gasteiger partial charge in [0.05, 0.1) is 10.7 Å². The Morgan fingerprint density at radius 3 is 2.64 bits per heavy atom. The highest BCUT2D eigenvalue weighted by atomic mass is 35.5. The predicted octanol–water partition coefficient (Wildman–Crippen LogP) is 2.79. The number of hydrogen-bond donors (Lipinski definition) is 1. The van der Waals surface area contributed by atoms with E-state index < -0.39 is 0 Å². The SMILES string of the molecule is CCc1cc(C)cc(Cl)c1N. The molecule has 0 aromatic heterocycles. The molecule has 0 aliphatic rings. The molecule has 0 aliphatic carbocycles. The van der Waals surface area contributed by atoms with E-state index in [0.717, 1.165) is 17.7 Å². The lowest BCUT2D eigenvalue weighted by molar-refractivity contribution is 1.14. The van der Waals surface area contributed by atoms with Crippen LogP contribution in [0, 0.1) is 6.92 Å². The summed E-state index contributed by atoms with van der Waals surface area (Å²) in [7, 11) is 0. The molecule has 1 aromatic carbocycles. The van der Waals surface area contributed by atoms with Crippen LogP contribution in [0.3, 0.4) is 0 Å². The lowest BCUT2D eigenvalue weighted by atomic mass is 10.1. The van der Waals surface area contributed by atoms with Crippen LogP contribution in [-0.4, -0.2) is 0 Å². The number of nitrogen functional groups attached to an aromatic ring is 1. The molecule has 11 heavy (non-hydrogen) atoms. The quantitative estimate of drug-likeness (QED) is 0.643. The molecule has 0 heterocycles. The standard InChI is InChI=1S/C9H12ClN/c1-3-7-4-6(2)5-8(10)9(7)11/h4-5H,3,11H2,1-2H3. The van der Waals surface area contributed by atoms with Gasteiger partial charge in [0.2, 0.25) is 0 Å². The van der Waals surface area contributed by atoms with Gasteiger partial charge in [-0.2, -0.15) is 0 Å².